The van der Waals surface area contributed by atoms with Crippen molar-refractivity contribution in [2.75, 3.05) is 6.54 Å². The Labute approximate surface area is 150 Å². The summed E-state index contributed by atoms with van der Waals surface area (Å²) in [5, 5.41) is 20.8. The van der Waals surface area contributed by atoms with Crippen LogP contribution in [0.4, 0.5) is 0 Å². The molecule has 0 bridgehead atoms. The maximum atomic E-state index is 12.1. The molecule has 0 heterocycles. The molecule has 1 aromatic rings. The number of aliphatic hydroxyl groups is 1. The summed E-state index contributed by atoms with van der Waals surface area (Å²) in [5.74, 6) is -1.00. The van der Waals surface area contributed by atoms with Gasteiger partial charge < -0.3 is 15.5 Å². The van der Waals surface area contributed by atoms with E-state index in [9.17, 15) is 14.7 Å². The first-order valence-electron chi connectivity index (χ1n) is 9.28. The Balaban J connectivity index is 2.23. The molecule has 1 atom stereocenters. The summed E-state index contributed by atoms with van der Waals surface area (Å²) < 4.78 is 0. The molecule has 0 aliphatic heterocycles. The predicted octanol–water partition coefficient (Wildman–Crippen LogP) is 3.55. The third-order valence-electron chi connectivity index (χ3n) is 4.24. The van der Waals surface area contributed by atoms with Crippen molar-refractivity contribution in [1.82, 2.24) is 5.32 Å². The van der Waals surface area contributed by atoms with Gasteiger partial charge in [0, 0.05) is 18.5 Å². The summed E-state index contributed by atoms with van der Waals surface area (Å²) in [7, 11) is 0. The Morgan fingerprint density at radius 3 is 2.32 bits per heavy atom. The maximum absolute atomic E-state index is 12.1. The first kappa shape index (κ1) is 21.3. The largest absolute Gasteiger partial charge is 0.479 e. The van der Waals surface area contributed by atoms with Crippen molar-refractivity contribution in [3.8, 4) is 0 Å². The third kappa shape index (κ3) is 9.37. The zero-order valence-electron chi connectivity index (χ0n) is 15.2. The predicted molar refractivity (Wildman–Crippen MR) is 98.7 cm³/mol. The van der Waals surface area contributed by atoms with Crippen molar-refractivity contribution in [3.63, 3.8) is 0 Å². The van der Waals surface area contributed by atoms with Crippen LogP contribution in [0.25, 0.3) is 0 Å². The molecule has 0 spiro atoms. The van der Waals surface area contributed by atoms with Gasteiger partial charge in [-0.3, -0.25) is 4.79 Å². The number of carbonyl (C=O) groups is 2. The number of ketones is 1. The highest BCUT2D eigenvalue weighted by molar-refractivity contribution is 5.96. The van der Waals surface area contributed by atoms with E-state index < -0.39 is 12.1 Å². The molecular formula is C20H31NO4. The summed E-state index contributed by atoms with van der Waals surface area (Å²) in [6.45, 7) is 3.20. The van der Waals surface area contributed by atoms with Gasteiger partial charge >= 0.3 is 5.97 Å². The summed E-state index contributed by atoms with van der Waals surface area (Å²) in [6, 6.07) is 7.52. The molecule has 3 N–H and O–H groups in total. The molecule has 5 nitrogen and oxygen atoms in total. The lowest BCUT2D eigenvalue weighted by Gasteiger charge is -2.08. The van der Waals surface area contributed by atoms with Crippen LogP contribution < -0.4 is 5.32 Å². The highest BCUT2D eigenvalue weighted by atomic mass is 16.4. The van der Waals surface area contributed by atoms with E-state index in [-0.39, 0.29) is 12.2 Å². The number of carboxylic acid groups (broad SMARTS) is 1. The van der Waals surface area contributed by atoms with Gasteiger partial charge in [0.25, 0.3) is 0 Å². The van der Waals surface area contributed by atoms with Crippen LogP contribution in [0.15, 0.2) is 24.3 Å². The van der Waals surface area contributed by atoms with Gasteiger partial charge in [0.15, 0.2) is 11.9 Å². The van der Waals surface area contributed by atoms with Crippen molar-refractivity contribution in [3.05, 3.63) is 35.4 Å². The van der Waals surface area contributed by atoms with E-state index in [1.807, 2.05) is 24.3 Å². The van der Waals surface area contributed by atoms with Crippen LogP contribution in [0.2, 0.25) is 0 Å². The number of nitrogens with one attached hydrogen (secondary N) is 1. The van der Waals surface area contributed by atoms with Crippen molar-refractivity contribution in [2.24, 2.45) is 0 Å². The Morgan fingerprint density at radius 2 is 1.68 bits per heavy atom. The van der Waals surface area contributed by atoms with Gasteiger partial charge in [-0.05, 0) is 24.9 Å². The summed E-state index contributed by atoms with van der Waals surface area (Å²) >= 11 is 0. The molecule has 25 heavy (non-hydrogen) atoms. The molecule has 0 saturated heterocycles. The molecule has 1 aromatic carbocycles. The number of rotatable bonds is 14. The van der Waals surface area contributed by atoms with Gasteiger partial charge in [-0.25, -0.2) is 4.79 Å². The second-order valence-electron chi connectivity index (χ2n) is 6.46. The van der Waals surface area contributed by atoms with E-state index in [0.717, 1.165) is 24.0 Å². The lowest BCUT2D eigenvalue weighted by Crippen LogP contribution is -2.25. The van der Waals surface area contributed by atoms with Crippen LogP contribution in [-0.2, 0) is 11.3 Å². The first-order chi connectivity index (χ1) is 12.0. The fraction of sp³-hybridized carbons (Fsp3) is 0.600. The number of unbranched alkanes of at least 4 members (excludes halogenated alkanes) is 5. The number of benzene rings is 1. The van der Waals surface area contributed by atoms with Crippen LogP contribution in [0.3, 0.4) is 0 Å². The van der Waals surface area contributed by atoms with Crippen molar-refractivity contribution in [2.45, 2.75) is 70.9 Å². The lowest BCUT2D eigenvalue weighted by atomic mass is 10.0. The third-order valence-corrected chi connectivity index (χ3v) is 4.24. The molecule has 0 amide bonds. The molecular weight excluding hydrogens is 318 g/mol. The average Bonchev–Trinajstić information content (AvgIpc) is 2.61. The summed E-state index contributed by atoms with van der Waals surface area (Å²) in [5.41, 5.74) is 1.78. The normalized spacial score (nSPS) is 12.1. The molecule has 0 radical (unpaired) electrons. The average molecular weight is 349 g/mol. The van der Waals surface area contributed by atoms with E-state index in [1.54, 1.807) is 0 Å². The van der Waals surface area contributed by atoms with E-state index in [1.165, 1.54) is 25.7 Å². The second-order valence-corrected chi connectivity index (χ2v) is 6.46. The molecule has 5 heteroatoms. The minimum Gasteiger partial charge on any atom is -0.479 e. The van der Waals surface area contributed by atoms with Gasteiger partial charge in [0.05, 0.1) is 0 Å². The number of hydrogen-bond donors (Lipinski definition) is 3. The number of aliphatic carboxylic acids is 1. The molecule has 1 rings (SSSR count). The molecule has 0 saturated carbocycles. The first-order valence-corrected chi connectivity index (χ1v) is 9.28. The lowest BCUT2D eigenvalue weighted by molar-refractivity contribution is -0.146. The van der Waals surface area contributed by atoms with E-state index in [4.69, 9.17) is 5.11 Å². The summed E-state index contributed by atoms with van der Waals surface area (Å²) in [6.07, 6.45) is 6.51. The molecule has 0 fully saturated rings. The minimum atomic E-state index is -1.32. The van der Waals surface area contributed by atoms with Crippen LogP contribution in [0, 0.1) is 0 Å². The van der Waals surface area contributed by atoms with Crippen LogP contribution in [0.1, 0.15) is 74.2 Å². The Morgan fingerprint density at radius 1 is 1.04 bits per heavy atom. The van der Waals surface area contributed by atoms with E-state index in [0.29, 0.717) is 19.5 Å². The number of carbonyl (C=O) groups excluding carboxylic acids is 1. The van der Waals surface area contributed by atoms with E-state index in [2.05, 4.69) is 12.2 Å². The zero-order valence-corrected chi connectivity index (χ0v) is 15.2. The fourth-order valence-electron chi connectivity index (χ4n) is 2.61. The Bertz CT molecular complexity index is 513. The zero-order chi connectivity index (χ0) is 18.5. The smallest absolute Gasteiger partial charge is 0.332 e. The molecule has 0 aliphatic carbocycles. The van der Waals surface area contributed by atoms with Crippen molar-refractivity contribution in [1.29, 1.82) is 0 Å². The van der Waals surface area contributed by atoms with Gasteiger partial charge in [-0.1, -0.05) is 63.3 Å². The van der Waals surface area contributed by atoms with E-state index >= 15 is 0 Å². The van der Waals surface area contributed by atoms with Crippen LogP contribution in [-0.4, -0.2) is 34.6 Å². The Hall–Kier alpha value is -1.72. The standard InChI is InChI=1S/C20H31NO4/c1-2-3-4-5-6-7-8-18(22)17-11-9-16(10-12-17)15-21-14-13-19(23)20(24)25/h9-12,19,21,23H,2-8,13-15H2,1H3,(H,24,25). The van der Waals surface area contributed by atoms with Crippen LogP contribution in [0.5, 0.6) is 0 Å². The van der Waals surface area contributed by atoms with Gasteiger partial charge in [0.2, 0.25) is 0 Å². The highest BCUT2D eigenvalue weighted by Crippen LogP contribution is 2.12. The number of carboxylic acids is 1. The van der Waals surface area contributed by atoms with Crippen molar-refractivity contribution >= 4 is 11.8 Å². The van der Waals surface area contributed by atoms with Crippen LogP contribution >= 0.6 is 0 Å². The van der Waals surface area contributed by atoms with Gasteiger partial charge in [-0.2, -0.15) is 0 Å². The molecule has 1 unspecified atom stereocenters. The number of aliphatic hydroxyl groups excluding tert-OH is 1. The minimum absolute atomic E-state index is 0.171. The topological polar surface area (TPSA) is 86.6 Å². The molecule has 0 aliphatic rings. The fourth-order valence-corrected chi connectivity index (χ4v) is 2.61. The molecule has 140 valence electrons. The SMILES string of the molecule is CCCCCCCCC(=O)c1ccc(CNCCC(O)C(=O)O)cc1. The van der Waals surface area contributed by atoms with Crippen molar-refractivity contribution < 1.29 is 19.8 Å². The molecule has 0 aromatic heterocycles. The second kappa shape index (κ2) is 12.6. The van der Waals surface area contributed by atoms with Gasteiger partial charge in [0.1, 0.15) is 0 Å². The van der Waals surface area contributed by atoms with Gasteiger partial charge in [-0.15, -0.1) is 0 Å². The number of hydrogen-bond acceptors (Lipinski definition) is 4. The quantitative estimate of drug-likeness (QED) is 0.353. The highest BCUT2D eigenvalue weighted by Gasteiger charge is 2.11. The monoisotopic (exact) mass is 349 g/mol. The summed E-state index contributed by atoms with van der Waals surface area (Å²) in [4.78, 5) is 22.6. The Kier molecular flexibility index (Phi) is 10.8. The maximum Gasteiger partial charge on any atom is 0.332 e. The number of Topliss-reactive ketones (excluding diaryl/α,β-unsaturated/α-hetero) is 1.